The lowest BCUT2D eigenvalue weighted by Gasteiger charge is -2.32. The summed E-state index contributed by atoms with van der Waals surface area (Å²) in [6.07, 6.45) is 2.12. The first-order valence-corrected chi connectivity index (χ1v) is 10.7. The minimum atomic E-state index is -0.888. The van der Waals surface area contributed by atoms with Gasteiger partial charge in [0.05, 0.1) is 19.3 Å². The molecule has 1 heterocycles. The summed E-state index contributed by atoms with van der Waals surface area (Å²) in [5, 5.41) is 2.78. The molecule has 1 fully saturated rings. The smallest absolute Gasteiger partial charge is 0.254 e. The zero-order chi connectivity index (χ0) is 23.1. The summed E-state index contributed by atoms with van der Waals surface area (Å²) in [7, 11) is 1.58. The minimum Gasteiger partial charge on any atom is -0.493 e. The first-order valence-electron chi connectivity index (χ1n) is 10.7. The normalized spacial score (nSPS) is 14.2. The number of carbonyl (C=O) groups is 2. The average molecular weight is 446 g/mol. The third-order valence-electron chi connectivity index (χ3n) is 5.51. The van der Waals surface area contributed by atoms with Crippen LogP contribution in [0.25, 0.3) is 0 Å². The molecular formula is C24H28F2N2O4. The van der Waals surface area contributed by atoms with Crippen LogP contribution in [-0.2, 0) is 11.2 Å². The third kappa shape index (κ3) is 5.96. The molecule has 0 aliphatic carbocycles. The topological polar surface area (TPSA) is 67.9 Å². The number of nitrogens with one attached hydrogen (secondary N) is 1. The van der Waals surface area contributed by atoms with Gasteiger partial charge in [0, 0.05) is 31.6 Å². The zero-order valence-corrected chi connectivity index (χ0v) is 18.3. The molecule has 1 aliphatic rings. The molecule has 2 aromatic rings. The number of piperidine rings is 1. The predicted octanol–water partition coefficient (Wildman–Crippen LogP) is 3.73. The number of methoxy groups -OCH3 is 1. The van der Waals surface area contributed by atoms with Crippen LogP contribution >= 0.6 is 0 Å². The van der Waals surface area contributed by atoms with E-state index in [1.165, 1.54) is 0 Å². The lowest BCUT2D eigenvalue weighted by molar-refractivity contribution is -0.132. The molecule has 172 valence electrons. The fourth-order valence-corrected chi connectivity index (χ4v) is 3.76. The summed E-state index contributed by atoms with van der Waals surface area (Å²) in [5.41, 5.74) is 0.804. The Morgan fingerprint density at radius 1 is 1.09 bits per heavy atom. The molecule has 6 nitrogen and oxygen atoms in total. The Bertz CT molecular complexity index is 959. The van der Waals surface area contributed by atoms with E-state index in [1.54, 1.807) is 12.0 Å². The third-order valence-corrected chi connectivity index (χ3v) is 5.51. The van der Waals surface area contributed by atoms with Gasteiger partial charge in [0.1, 0.15) is 11.6 Å². The van der Waals surface area contributed by atoms with Crippen molar-refractivity contribution in [3.63, 3.8) is 0 Å². The lowest BCUT2D eigenvalue weighted by atomic mass is 10.0. The van der Waals surface area contributed by atoms with Gasteiger partial charge < -0.3 is 19.7 Å². The second-order valence-corrected chi connectivity index (χ2v) is 7.67. The largest absolute Gasteiger partial charge is 0.493 e. The Morgan fingerprint density at radius 2 is 1.84 bits per heavy atom. The van der Waals surface area contributed by atoms with Gasteiger partial charge in [-0.3, -0.25) is 9.59 Å². The molecule has 2 aromatic carbocycles. The van der Waals surface area contributed by atoms with Gasteiger partial charge in [-0.1, -0.05) is 6.07 Å². The van der Waals surface area contributed by atoms with Crippen molar-refractivity contribution in [2.75, 3.05) is 26.8 Å². The Kier molecular flexibility index (Phi) is 8.03. The zero-order valence-electron chi connectivity index (χ0n) is 18.3. The van der Waals surface area contributed by atoms with Crippen LogP contribution in [0.3, 0.4) is 0 Å². The Morgan fingerprint density at radius 3 is 2.50 bits per heavy atom. The maximum Gasteiger partial charge on any atom is 0.254 e. The standard InChI is InChI=1S/C24H28F2N2O4/c1-3-32-21-8-4-16(14-22(21)31-2)5-9-23(29)28-12-10-18(11-13-28)27-24(30)19-7-6-17(25)15-20(19)26/h4,6-8,14-15,18H,3,5,9-13H2,1-2H3,(H,27,30). The SMILES string of the molecule is CCOc1ccc(CCC(=O)N2CCC(NC(=O)c3ccc(F)cc3F)CC2)cc1OC. The number of nitrogens with zero attached hydrogens (tertiary/aromatic N) is 1. The average Bonchev–Trinajstić information content (AvgIpc) is 2.78. The first kappa shape index (κ1) is 23.5. The van der Waals surface area contributed by atoms with Crippen LogP contribution in [0, 0.1) is 11.6 Å². The van der Waals surface area contributed by atoms with Crippen LogP contribution in [0.1, 0.15) is 42.1 Å². The van der Waals surface area contributed by atoms with Crippen LogP contribution in [0.4, 0.5) is 8.78 Å². The van der Waals surface area contributed by atoms with Gasteiger partial charge in [0.2, 0.25) is 5.91 Å². The second kappa shape index (κ2) is 10.9. The van der Waals surface area contributed by atoms with Gasteiger partial charge in [0.25, 0.3) is 5.91 Å². The number of likely N-dealkylation sites (tertiary alicyclic amines) is 1. The highest BCUT2D eigenvalue weighted by Crippen LogP contribution is 2.28. The van der Waals surface area contributed by atoms with E-state index in [9.17, 15) is 18.4 Å². The van der Waals surface area contributed by atoms with Gasteiger partial charge in [0.15, 0.2) is 11.5 Å². The van der Waals surface area contributed by atoms with Gasteiger partial charge in [-0.05, 0) is 56.0 Å². The van der Waals surface area contributed by atoms with Gasteiger partial charge in [-0.25, -0.2) is 8.78 Å². The van der Waals surface area contributed by atoms with Crippen LogP contribution in [0.15, 0.2) is 36.4 Å². The molecule has 32 heavy (non-hydrogen) atoms. The van der Waals surface area contributed by atoms with Crippen LogP contribution in [0.5, 0.6) is 11.5 Å². The number of carbonyl (C=O) groups excluding carboxylic acids is 2. The fraction of sp³-hybridized carbons (Fsp3) is 0.417. The molecule has 3 rings (SSSR count). The molecule has 0 spiro atoms. The van der Waals surface area contributed by atoms with Crippen LogP contribution in [-0.4, -0.2) is 49.6 Å². The molecule has 0 atom stereocenters. The van der Waals surface area contributed by atoms with E-state index in [0.29, 0.717) is 62.9 Å². The van der Waals surface area contributed by atoms with E-state index in [-0.39, 0.29) is 17.5 Å². The van der Waals surface area contributed by atoms with Crippen molar-refractivity contribution in [3.05, 3.63) is 59.2 Å². The highest BCUT2D eigenvalue weighted by atomic mass is 19.1. The summed E-state index contributed by atoms with van der Waals surface area (Å²) >= 11 is 0. The number of hydrogen-bond acceptors (Lipinski definition) is 4. The Hall–Kier alpha value is -3.16. The molecule has 1 saturated heterocycles. The summed E-state index contributed by atoms with van der Waals surface area (Å²) in [6.45, 7) is 3.48. The van der Waals surface area contributed by atoms with Crippen LogP contribution < -0.4 is 14.8 Å². The van der Waals surface area contributed by atoms with Gasteiger partial charge >= 0.3 is 0 Å². The number of aryl methyl sites for hydroxylation is 1. The van der Waals surface area contributed by atoms with E-state index >= 15 is 0 Å². The molecule has 2 amide bonds. The Labute approximate surface area is 186 Å². The van der Waals surface area contributed by atoms with Crippen molar-refractivity contribution in [1.82, 2.24) is 10.2 Å². The van der Waals surface area contributed by atoms with E-state index in [0.717, 1.165) is 17.7 Å². The number of ether oxygens (including phenoxy) is 2. The van der Waals surface area contributed by atoms with Crippen molar-refractivity contribution in [2.24, 2.45) is 0 Å². The second-order valence-electron chi connectivity index (χ2n) is 7.67. The minimum absolute atomic E-state index is 0.0483. The van der Waals surface area contributed by atoms with Gasteiger partial charge in [-0.15, -0.1) is 0 Å². The lowest BCUT2D eigenvalue weighted by Crippen LogP contribution is -2.46. The Balaban J connectivity index is 1.46. The maximum absolute atomic E-state index is 13.8. The highest BCUT2D eigenvalue weighted by molar-refractivity contribution is 5.94. The van der Waals surface area contributed by atoms with E-state index in [1.807, 2.05) is 25.1 Å². The quantitative estimate of drug-likeness (QED) is 0.671. The number of benzene rings is 2. The molecule has 0 radical (unpaired) electrons. The number of halogens is 2. The van der Waals surface area contributed by atoms with Crippen molar-refractivity contribution in [2.45, 2.75) is 38.6 Å². The molecular weight excluding hydrogens is 418 g/mol. The number of rotatable bonds is 8. The van der Waals surface area contributed by atoms with E-state index < -0.39 is 17.5 Å². The van der Waals surface area contributed by atoms with E-state index in [4.69, 9.17) is 9.47 Å². The van der Waals surface area contributed by atoms with Crippen molar-refractivity contribution < 1.29 is 27.8 Å². The monoisotopic (exact) mass is 446 g/mol. The molecule has 1 aliphatic heterocycles. The molecule has 0 saturated carbocycles. The fourth-order valence-electron chi connectivity index (χ4n) is 3.76. The first-order chi connectivity index (χ1) is 15.4. The highest BCUT2D eigenvalue weighted by Gasteiger charge is 2.25. The summed E-state index contributed by atoms with van der Waals surface area (Å²) in [4.78, 5) is 26.7. The predicted molar refractivity (Wildman–Crippen MR) is 116 cm³/mol. The summed E-state index contributed by atoms with van der Waals surface area (Å²) in [5.74, 6) is -0.819. The van der Waals surface area contributed by atoms with Crippen molar-refractivity contribution in [1.29, 1.82) is 0 Å². The number of hydrogen-bond donors (Lipinski definition) is 1. The molecule has 0 unspecified atom stereocenters. The molecule has 0 bridgehead atoms. The van der Waals surface area contributed by atoms with E-state index in [2.05, 4.69) is 5.32 Å². The van der Waals surface area contributed by atoms with Gasteiger partial charge in [-0.2, -0.15) is 0 Å². The maximum atomic E-state index is 13.8. The summed E-state index contributed by atoms with van der Waals surface area (Å²) < 4.78 is 37.7. The number of amides is 2. The molecule has 8 heteroatoms. The van der Waals surface area contributed by atoms with Crippen molar-refractivity contribution >= 4 is 11.8 Å². The van der Waals surface area contributed by atoms with Crippen LogP contribution in [0.2, 0.25) is 0 Å². The molecule has 0 aromatic heterocycles. The summed E-state index contributed by atoms with van der Waals surface area (Å²) in [6, 6.07) is 8.38. The van der Waals surface area contributed by atoms with Crippen molar-refractivity contribution in [3.8, 4) is 11.5 Å². The molecule has 1 N–H and O–H groups in total.